The number of thiazole rings is 1. The van der Waals surface area contributed by atoms with E-state index in [0.29, 0.717) is 10.6 Å². The summed E-state index contributed by atoms with van der Waals surface area (Å²) in [6.07, 6.45) is 0. The van der Waals surface area contributed by atoms with Gasteiger partial charge in [-0.05, 0) is 25.1 Å². The van der Waals surface area contributed by atoms with E-state index in [1.54, 1.807) is 6.92 Å². The van der Waals surface area contributed by atoms with Crippen molar-refractivity contribution in [1.82, 2.24) is 4.98 Å². The summed E-state index contributed by atoms with van der Waals surface area (Å²) < 4.78 is 13.3. The standard InChI is InChI=1S/C15H15FN2O3S/c1-7(2)14-17-8(3)12(22-14)13(19)18-9-4-5-11(16)10(6-9)15(20)21/h4-7H,1-3H3,(H,18,19)(H,20,21). The molecule has 0 radical (unpaired) electrons. The Labute approximate surface area is 130 Å². The molecule has 0 saturated carbocycles. The average Bonchev–Trinajstić information content (AvgIpc) is 2.83. The Morgan fingerprint density at radius 3 is 2.59 bits per heavy atom. The fraction of sp³-hybridized carbons (Fsp3) is 0.267. The van der Waals surface area contributed by atoms with E-state index in [2.05, 4.69) is 10.3 Å². The van der Waals surface area contributed by atoms with Crippen LogP contribution in [0, 0.1) is 12.7 Å². The molecule has 0 fully saturated rings. The number of carboxylic acids is 1. The van der Waals surface area contributed by atoms with Gasteiger partial charge < -0.3 is 10.4 Å². The zero-order valence-electron chi connectivity index (χ0n) is 12.3. The number of carboxylic acid groups (broad SMARTS) is 1. The quantitative estimate of drug-likeness (QED) is 0.900. The second kappa shape index (κ2) is 6.23. The highest BCUT2D eigenvalue weighted by Crippen LogP contribution is 2.25. The third-order valence-electron chi connectivity index (χ3n) is 2.97. The third kappa shape index (κ3) is 3.30. The van der Waals surface area contributed by atoms with Gasteiger partial charge in [-0.3, -0.25) is 4.79 Å². The second-order valence-corrected chi connectivity index (χ2v) is 6.11. The summed E-state index contributed by atoms with van der Waals surface area (Å²) >= 11 is 1.30. The lowest BCUT2D eigenvalue weighted by Crippen LogP contribution is -2.12. The number of nitrogens with zero attached hydrogens (tertiary/aromatic N) is 1. The molecule has 0 unspecified atom stereocenters. The first kappa shape index (κ1) is 16.1. The minimum Gasteiger partial charge on any atom is -0.478 e. The number of aromatic carboxylic acids is 1. The lowest BCUT2D eigenvalue weighted by Gasteiger charge is -2.06. The van der Waals surface area contributed by atoms with Crippen LogP contribution in [0.25, 0.3) is 0 Å². The van der Waals surface area contributed by atoms with Gasteiger partial charge in [0.15, 0.2) is 0 Å². The fourth-order valence-electron chi connectivity index (χ4n) is 1.83. The molecular formula is C15H15FN2O3S. The van der Waals surface area contributed by atoms with Crippen molar-refractivity contribution in [2.45, 2.75) is 26.7 Å². The van der Waals surface area contributed by atoms with E-state index >= 15 is 0 Å². The summed E-state index contributed by atoms with van der Waals surface area (Å²) in [5.74, 6) is -2.40. The van der Waals surface area contributed by atoms with Crippen LogP contribution in [0.1, 0.15) is 50.5 Å². The van der Waals surface area contributed by atoms with E-state index in [0.717, 1.165) is 17.1 Å². The van der Waals surface area contributed by atoms with Crippen LogP contribution in [-0.4, -0.2) is 22.0 Å². The van der Waals surface area contributed by atoms with E-state index < -0.39 is 17.3 Å². The zero-order chi connectivity index (χ0) is 16.4. The van der Waals surface area contributed by atoms with Crippen LogP contribution >= 0.6 is 11.3 Å². The molecule has 2 rings (SSSR count). The molecule has 1 aromatic heterocycles. The van der Waals surface area contributed by atoms with Crippen LogP contribution in [0.15, 0.2) is 18.2 Å². The van der Waals surface area contributed by atoms with Crippen LogP contribution in [0.3, 0.4) is 0 Å². The molecule has 1 amide bonds. The molecule has 0 spiro atoms. The summed E-state index contributed by atoms with van der Waals surface area (Å²) in [5, 5.41) is 12.3. The number of benzene rings is 1. The van der Waals surface area contributed by atoms with Crippen LogP contribution in [0.5, 0.6) is 0 Å². The molecular weight excluding hydrogens is 307 g/mol. The number of amides is 1. The number of carbonyl (C=O) groups is 2. The molecule has 7 heteroatoms. The van der Waals surface area contributed by atoms with Gasteiger partial charge in [0.2, 0.25) is 0 Å². The predicted octanol–water partition coefficient (Wildman–Crippen LogP) is 3.66. The summed E-state index contributed by atoms with van der Waals surface area (Å²) in [7, 11) is 0. The number of anilines is 1. The SMILES string of the molecule is Cc1nc(C(C)C)sc1C(=O)Nc1ccc(F)c(C(=O)O)c1. The zero-order valence-corrected chi connectivity index (χ0v) is 13.1. The Kier molecular flexibility index (Phi) is 4.56. The maximum atomic E-state index is 13.3. The molecule has 2 N–H and O–H groups in total. The molecule has 0 aliphatic rings. The minimum atomic E-state index is -1.38. The summed E-state index contributed by atoms with van der Waals surface area (Å²) in [4.78, 5) is 28.0. The number of carbonyl (C=O) groups excluding carboxylic acids is 1. The average molecular weight is 322 g/mol. The molecule has 116 valence electrons. The summed E-state index contributed by atoms with van der Waals surface area (Å²) in [5.41, 5.74) is 0.358. The van der Waals surface area contributed by atoms with E-state index in [9.17, 15) is 14.0 Å². The normalized spacial score (nSPS) is 10.8. The Hall–Kier alpha value is -2.28. The number of hydrogen-bond acceptors (Lipinski definition) is 4. The number of hydrogen-bond donors (Lipinski definition) is 2. The summed E-state index contributed by atoms with van der Waals surface area (Å²) in [6, 6.07) is 3.42. The van der Waals surface area contributed by atoms with Crippen molar-refractivity contribution in [2.75, 3.05) is 5.32 Å². The number of aryl methyl sites for hydroxylation is 1. The number of aromatic nitrogens is 1. The highest BCUT2D eigenvalue weighted by Gasteiger charge is 2.18. The monoisotopic (exact) mass is 322 g/mol. The fourth-order valence-corrected chi connectivity index (χ4v) is 2.79. The molecule has 22 heavy (non-hydrogen) atoms. The maximum Gasteiger partial charge on any atom is 0.338 e. The second-order valence-electron chi connectivity index (χ2n) is 5.08. The van der Waals surface area contributed by atoms with Crippen LogP contribution < -0.4 is 5.32 Å². The van der Waals surface area contributed by atoms with Gasteiger partial charge in [-0.2, -0.15) is 0 Å². The molecule has 1 heterocycles. The van der Waals surface area contributed by atoms with E-state index in [-0.39, 0.29) is 17.5 Å². The first-order valence-electron chi connectivity index (χ1n) is 6.61. The van der Waals surface area contributed by atoms with Crippen molar-refractivity contribution >= 4 is 28.9 Å². The van der Waals surface area contributed by atoms with Crippen molar-refractivity contribution in [3.8, 4) is 0 Å². The van der Waals surface area contributed by atoms with Crippen molar-refractivity contribution in [1.29, 1.82) is 0 Å². The lowest BCUT2D eigenvalue weighted by molar-refractivity contribution is 0.0691. The van der Waals surface area contributed by atoms with Gasteiger partial charge in [-0.25, -0.2) is 14.2 Å². The third-order valence-corrected chi connectivity index (χ3v) is 4.42. The lowest BCUT2D eigenvalue weighted by atomic mass is 10.2. The van der Waals surface area contributed by atoms with Gasteiger partial charge in [-0.1, -0.05) is 13.8 Å². The molecule has 0 saturated heterocycles. The first-order valence-corrected chi connectivity index (χ1v) is 7.42. The highest BCUT2D eigenvalue weighted by atomic mass is 32.1. The molecule has 2 aromatic rings. The van der Waals surface area contributed by atoms with E-state index in [1.165, 1.54) is 17.4 Å². The van der Waals surface area contributed by atoms with Crippen molar-refractivity contribution in [2.24, 2.45) is 0 Å². The largest absolute Gasteiger partial charge is 0.478 e. The number of halogens is 1. The topological polar surface area (TPSA) is 79.3 Å². The van der Waals surface area contributed by atoms with Gasteiger partial charge in [0.05, 0.1) is 16.3 Å². The Morgan fingerprint density at radius 2 is 2.05 bits per heavy atom. The molecule has 1 aromatic carbocycles. The molecule has 0 atom stereocenters. The molecule has 0 bridgehead atoms. The van der Waals surface area contributed by atoms with Crippen LogP contribution in [0.4, 0.5) is 10.1 Å². The number of nitrogens with one attached hydrogen (secondary N) is 1. The van der Waals surface area contributed by atoms with Crippen molar-refractivity contribution < 1.29 is 19.1 Å². The Morgan fingerprint density at radius 1 is 1.36 bits per heavy atom. The molecule has 5 nitrogen and oxygen atoms in total. The minimum absolute atomic E-state index is 0.217. The summed E-state index contributed by atoms with van der Waals surface area (Å²) in [6.45, 7) is 5.71. The van der Waals surface area contributed by atoms with Gasteiger partial charge in [0.1, 0.15) is 10.7 Å². The van der Waals surface area contributed by atoms with Crippen LogP contribution in [-0.2, 0) is 0 Å². The van der Waals surface area contributed by atoms with E-state index in [4.69, 9.17) is 5.11 Å². The molecule has 0 aliphatic heterocycles. The first-order chi connectivity index (χ1) is 10.3. The van der Waals surface area contributed by atoms with Gasteiger partial charge >= 0.3 is 5.97 Å². The van der Waals surface area contributed by atoms with Gasteiger partial charge in [0, 0.05) is 11.6 Å². The number of rotatable bonds is 4. The van der Waals surface area contributed by atoms with Crippen LogP contribution in [0.2, 0.25) is 0 Å². The predicted molar refractivity (Wildman–Crippen MR) is 82.3 cm³/mol. The van der Waals surface area contributed by atoms with Gasteiger partial charge in [0.25, 0.3) is 5.91 Å². The van der Waals surface area contributed by atoms with Gasteiger partial charge in [-0.15, -0.1) is 11.3 Å². The smallest absolute Gasteiger partial charge is 0.338 e. The van der Waals surface area contributed by atoms with Crippen molar-refractivity contribution in [3.05, 3.63) is 45.2 Å². The van der Waals surface area contributed by atoms with Crippen molar-refractivity contribution in [3.63, 3.8) is 0 Å². The van der Waals surface area contributed by atoms with E-state index in [1.807, 2.05) is 13.8 Å². The maximum absolute atomic E-state index is 13.3. The highest BCUT2D eigenvalue weighted by molar-refractivity contribution is 7.14. The molecule has 0 aliphatic carbocycles. The Bertz CT molecular complexity index is 740. The Balaban J connectivity index is 2.26.